The van der Waals surface area contributed by atoms with Crippen molar-refractivity contribution in [3.8, 4) is 0 Å². The summed E-state index contributed by atoms with van der Waals surface area (Å²) in [6.45, 7) is 8.97. The summed E-state index contributed by atoms with van der Waals surface area (Å²) in [5, 5.41) is 0. The average molecular weight is 751 g/mol. The molecule has 0 spiro atoms. The van der Waals surface area contributed by atoms with E-state index in [1.54, 1.807) is 0 Å². The fourth-order valence-electron chi connectivity index (χ4n) is 6.98. The number of ether oxygens (including phenoxy) is 3. The number of rotatable bonds is 42. The zero-order valence-electron chi connectivity index (χ0n) is 36.0. The van der Waals surface area contributed by atoms with Crippen LogP contribution in [-0.2, 0) is 28.6 Å². The van der Waals surface area contributed by atoms with E-state index in [1.807, 2.05) is 0 Å². The SMILES string of the molecule is CCCCCCCCCCCCCCC(=O)OC[C@H](COC(=O)CCCCCCCCCCCC(C)C)OC(=O)CCCCCCCCCCCCC. The third kappa shape index (κ3) is 41.4. The van der Waals surface area contributed by atoms with Gasteiger partial charge in [0.15, 0.2) is 6.10 Å². The zero-order valence-corrected chi connectivity index (χ0v) is 36.0. The fraction of sp³-hybridized carbons (Fsp3) is 0.936. The molecule has 0 radical (unpaired) electrons. The first-order valence-corrected chi connectivity index (χ1v) is 23.4. The van der Waals surface area contributed by atoms with E-state index in [0.29, 0.717) is 19.3 Å². The Balaban J connectivity index is 4.33. The van der Waals surface area contributed by atoms with E-state index in [9.17, 15) is 14.4 Å². The number of hydrogen-bond acceptors (Lipinski definition) is 6. The van der Waals surface area contributed by atoms with Crippen molar-refractivity contribution in [3.05, 3.63) is 0 Å². The second kappa shape index (κ2) is 41.6. The van der Waals surface area contributed by atoms with E-state index in [0.717, 1.165) is 63.7 Å². The van der Waals surface area contributed by atoms with E-state index in [4.69, 9.17) is 14.2 Å². The van der Waals surface area contributed by atoms with Crippen molar-refractivity contribution in [2.75, 3.05) is 13.2 Å². The maximum atomic E-state index is 12.7. The van der Waals surface area contributed by atoms with Gasteiger partial charge in [-0.2, -0.15) is 0 Å². The Morgan fingerprint density at radius 2 is 0.623 bits per heavy atom. The number of carbonyl (C=O) groups is 3. The van der Waals surface area contributed by atoms with Crippen LogP contribution in [0.25, 0.3) is 0 Å². The summed E-state index contributed by atoms with van der Waals surface area (Å²) in [4.78, 5) is 37.7. The van der Waals surface area contributed by atoms with Gasteiger partial charge in [-0.1, -0.05) is 220 Å². The number of hydrogen-bond donors (Lipinski definition) is 0. The lowest BCUT2D eigenvalue weighted by atomic mass is 10.0. The van der Waals surface area contributed by atoms with Crippen LogP contribution in [0, 0.1) is 5.92 Å². The molecule has 0 aromatic rings. The topological polar surface area (TPSA) is 78.9 Å². The molecule has 1 atom stereocenters. The molecular weight excluding hydrogens is 661 g/mol. The van der Waals surface area contributed by atoms with Gasteiger partial charge in [0.05, 0.1) is 0 Å². The van der Waals surface area contributed by atoms with Gasteiger partial charge in [0, 0.05) is 19.3 Å². The summed E-state index contributed by atoms with van der Waals surface area (Å²) >= 11 is 0. The molecule has 0 unspecified atom stereocenters. The summed E-state index contributed by atoms with van der Waals surface area (Å²) in [6, 6.07) is 0. The first-order valence-electron chi connectivity index (χ1n) is 23.4. The molecule has 6 nitrogen and oxygen atoms in total. The maximum Gasteiger partial charge on any atom is 0.306 e. The third-order valence-electron chi connectivity index (χ3n) is 10.5. The van der Waals surface area contributed by atoms with E-state index >= 15 is 0 Å². The monoisotopic (exact) mass is 751 g/mol. The Morgan fingerprint density at radius 3 is 0.925 bits per heavy atom. The molecule has 314 valence electrons. The minimum absolute atomic E-state index is 0.0637. The molecule has 0 fully saturated rings. The van der Waals surface area contributed by atoms with Gasteiger partial charge in [-0.05, 0) is 25.2 Å². The Bertz CT molecular complexity index is 796. The van der Waals surface area contributed by atoms with E-state index in [2.05, 4.69) is 27.7 Å². The van der Waals surface area contributed by atoms with Crippen LogP contribution < -0.4 is 0 Å². The number of carbonyl (C=O) groups excluding carboxylic acids is 3. The minimum Gasteiger partial charge on any atom is -0.462 e. The molecule has 0 saturated carbocycles. The number of esters is 3. The molecule has 0 heterocycles. The van der Waals surface area contributed by atoms with Gasteiger partial charge in [0.25, 0.3) is 0 Å². The lowest BCUT2D eigenvalue weighted by Crippen LogP contribution is -2.30. The van der Waals surface area contributed by atoms with Crippen LogP contribution in [0.1, 0.15) is 259 Å². The van der Waals surface area contributed by atoms with Gasteiger partial charge >= 0.3 is 17.9 Å². The van der Waals surface area contributed by atoms with Crippen molar-refractivity contribution in [2.45, 2.75) is 265 Å². The molecule has 0 saturated heterocycles. The molecule has 0 aromatic carbocycles. The van der Waals surface area contributed by atoms with Gasteiger partial charge in [0.2, 0.25) is 0 Å². The fourth-order valence-corrected chi connectivity index (χ4v) is 6.98. The second-order valence-corrected chi connectivity index (χ2v) is 16.5. The Morgan fingerprint density at radius 1 is 0.358 bits per heavy atom. The number of unbranched alkanes of at least 4 members (excludes halogenated alkanes) is 29. The highest BCUT2D eigenvalue weighted by Gasteiger charge is 2.19. The lowest BCUT2D eigenvalue weighted by molar-refractivity contribution is -0.167. The van der Waals surface area contributed by atoms with Crippen molar-refractivity contribution >= 4 is 17.9 Å². The summed E-state index contributed by atoms with van der Waals surface area (Å²) in [5.41, 5.74) is 0. The van der Waals surface area contributed by atoms with Crippen LogP contribution in [0.4, 0.5) is 0 Å². The van der Waals surface area contributed by atoms with Crippen LogP contribution in [0.3, 0.4) is 0 Å². The first kappa shape index (κ1) is 51.4. The third-order valence-corrected chi connectivity index (χ3v) is 10.5. The highest BCUT2D eigenvalue weighted by atomic mass is 16.6. The Kier molecular flexibility index (Phi) is 40.3. The van der Waals surface area contributed by atoms with Gasteiger partial charge in [-0.15, -0.1) is 0 Å². The largest absolute Gasteiger partial charge is 0.462 e. The molecule has 0 amide bonds. The van der Waals surface area contributed by atoms with Crippen LogP contribution >= 0.6 is 0 Å². The lowest BCUT2D eigenvalue weighted by Gasteiger charge is -2.18. The van der Waals surface area contributed by atoms with Gasteiger partial charge in [-0.3, -0.25) is 14.4 Å². The molecular formula is C47H90O6. The highest BCUT2D eigenvalue weighted by Crippen LogP contribution is 2.16. The summed E-state index contributed by atoms with van der Waals surface area (Å²) in [7, 11) is 0. The molecule has 0 aliphatic rings. The van der Waals surface area contributed by atoms with Gasteiger partial charge in [0.1, 0.15) is 13.2 Å². The van der Waals surface area contributed by atoms with Crippen molar-refractivity contribution in [1.29, 1.82) is 0 Å². The van der Waals surface area contributed by atoms with Gasteiger partial charge < -0.3 is 14.2 Å². The van der Waals surface area contributed by atoms with E-state index in [1.165, 1.54) is 154 Å². The predicted octanol–water partition coefficient (Wildman–Crippen LogP) is 14.7. The van der Waals surface area contributed by atoms with Crippen molar-refractivity contribution in [2.24, 2.45) is 5.92 Å². The molecule has 0 aliphatic carbocycles. The normalized spacial score (nSPS) is 11.9. The van der Waals surface area contributed by atoms with Gasteiger partial charge in [-0.25, -0.2) is 0 Å². The summed E-state index contributed by atoms with van der Waals surface area (Å²) < 4.78 is 16.7. The zero-order chi connectivity index (χ0) is 38.9. The van der Waals surface area contributed by atoms with Crippen molar-refractivity contribution in [1.82, 2.24) is 0 Å². The molecule has 0 rings (SSSR count). The molecule has 0 aromatic heterocycles. The smallest absolute Gasteiger partial charge is 0.306 e. The Labute approximate surface area is 329 Å². The first-order chi connectivity index (χ1) is 25.9. The molecule has 6 heteroatoms. The second-order valence-electron chi connectivity index (χ2n) is 16.5. The minimum atomic E-state index is -0.759. The molecule has 0 N–H and O–H groups in total. The summed E-state index contributed by atoms with van der Waals surface area (Å²) in [6.07, 6.45) is 40.8. The van der Waals surface area contributed by atoms with Crippen LogP contribution in [0.5, 0.6) is 0 Å². The summed E-state index contributed by atoms with van der Waals surface area (Å²) in [5.74, 6) is -0.0448. The average Bonchev–Trinajstić information content (AvgIpc) is 3.14. The quantitative estimate of drug-likeness (QED) is 0.0351. The molecule has 0 aliphatic heterocycles. The maximum absolute atomic E-state index is 12.7. The van der Waals surface area contributed by atoms with Crippen molar-refractivity contribution < 1.29 is 28.6 Å². The van der Waals surface area contributed by atoms with Crippen molar-refractivity contribution in [3.63, 3.8) is 0 Å². The highest BCUT2D eigenvalue weighted by molar-refractivity contribution is 5.71. The van der Waals surface area contributed by atoms with Crippen LogP contribution in [0.15, 0.2) is 0 Å². The van der Waals surface area contributed by atoms with Crippen LogP contribution in [0.2, 0.25) is 0 Å². The van der Waals surface area contributed by atoms with E-state index < -0.39 is 6.10 Å². The standard InChI is InChI=1S/C47H90O6/c1-5-7-9-11-13-15-17-19-22-26-30-34-38-45(48)51-41-44(53-47(50)40-36-32-28-23-18-16-14-12-10-8-6-2)42-52-46(49)39-35-31-27-24-20-21-25-29-33-37-43(3)4/h43-44H,5-42H2,1-4H3/t44-/m1/s1. The van der Waals surface area contributed by atoms with E-state index in [-0.39, 0.29) is 31.1 Å². The molecule has 0 bridgehead atoms. The predicted molar refractivity (Wildman–Crippen MR) is 224 cm³/mol. The molecule has 53 heavy (non-hydrogen) atoms. The van der Waals surface area contributed by atoms with Crippen LogP contribution in [-0.4, -0.2) is 37.2 Å². The Hall–Kier alpha value is -1.59.